The smallest absolute Gasteiger partial charge is 0.223 e. The van der Waals surface area contributed by atoms with Gasteiger partial charge in [-0.25, -0.2) is 0 Å². The fourth-order valence-corrected chi connectivity index (χ4v) is 3.56. The number of carbonyl (C=O) groups excluding carboxylic acids is 2. The van der Waals surface area contributed by atoms with E-state index in [0.29, 0.717) is 11.7 Å². The lowest BCUT2D eigenvalue weighted by Crippen LogP contribution is -2.46. The Morgan fingerprint density at radius 2 is 1.92 bits per heavy atom. The van der Waals surface area contributed by atoms with Crippen LogP contribution in [0.15, 0.2) is 34.9 Å². The second-order valence-corrected chi connectivity index (χ2v) is 6.84. The zero-order valence-corrected chi connectivity index (χ0v) is 15.1. The molecule has 1 saturated carbocycles. The Morgan fingerprint density at radius 3 is 2.50 bits per heavy atom. The van der Waals surface area contributed by atoms with Crippen molar-refractivity contribution < 1.29 is 14.1 Å². The highest BCUT2D eigenvalue weighted by atomic mass is 16.5. The Morgan fingerprint density at radius 1 is 1.23 bits per heavy atom. The van der Waals surface area contributed by atoms with Gasteiger partial charge in [0.1, 0.15) is 5.54 Å². The lowest BCUT2D eigenvalue weighted by Gasteiger charge is -2.28. The van der Waals surface area contributed by atoms with Gasteiger partial charge in [-0.05, 0) is 18.4 Å². The number of nitrogens with one attached hydrogen (secondary N) is 2. The molecule has 1 aliphatic rings. The van der Waals surface area contributed by atoms with Gasteiger partial charge in [-0.2, -0.15) is 4.98 Å². The number of hydrogen-bond donors (Lipinski definition) is 2. The van der Waals surface area contributed by atoms with Crippen LogP contribution in [-0.4, -0.2) is 22.0 Å². The van der Waals surface area contributed by atoms with Crippen LogP contribution in [0, 0.1) is 6.92 Å². The van der Waals surface area contributed by atoms with Crippen molar-refractivity contribution in [3.63, 3.8) is 0 Å². The van der Waals surface area contributed by atoms with Crippen LogP contribution in [0.5, 0.6) is 0 Å². The molecule has 0 radical (unpaired) electrons. The Balaban J connectivity index is 1.75. The average molecular weight is 356 g/mol. The van der Waals surface area contributed by atoms with Crippen molar-refractivity contribution in [1.82, 2.24) is 20.8 Å². The van der Waals surface area contributed by atoms with Gasteiger partial charge in [0, 0.05) is 13.8 Å². The first kappa shape index (κ1) is 18.1. The summed E-state index contributed by atoms with van der Waals surface area (Å²) in [5, 5.41) is 10.0. The molecule has 26 heavy (non-hydrogen) atoms. The van der Waals surface area contributed by atoms with Crippen molar-refractivity contribution in [2.45, 2.75) is 57.5 Å². The molecule has 2 aromatic rings. The molecule has 0 saturated heterocycles. The number of amides is 2. The van der Waals surface area contributed by atoms with Gasteiger partial charge in [0.2, 0.25) is 17.7 Å². The largest absolute Gasteiger partial charge is 0.349 e. The summed E-state index contributed by atoms with van der Waals surface area (Å²) in [4.78, 5) is 28.7. The maximum absolute atomic E-state index is 12.8. The summed E-state index contributed by atoms with van der Waals surface area (Å²) < 4.78 is 5.12. The van der Waals surface area contributed by atoms with Crippen molar-refractivity contribution >= 4 is 11.8 Å². The normalized spacial score (nSPS) is 16.8. The van der Waals surface area contributed by atoms with E-state index in [9.17, 15) is 9.59 Å². The van der Waals surface area contributed by atoms with Gasteiger partial charge in [-0.3, -0.25) is 9.59 Å². The number of hydrogen-bond acceptors (Lipinski definition) is 5. The van der Waals surface area contributed by atoms with Crippen molar-refractivity contribution in [2.24, 2.45) is 0 Å². The predicted octanol–water partition coefficient (Wildman–Crippen LogP) is 2.53. The third-order valence-electron chi connectivity index (χ3n) is 4.76. The summed E-state index contributed by atoms with van der Waals surface area (Å²) in [6.45, 7) is 3.19. The van der Waals surface area contributed by atoms with Crippen LogP contribution >= 0.6 is 0 Å². The van der Waals surface area contributed by atoms with E-state index < -0.39 is 5.54 Å². The van der Waals surface area contributed by atoms with Crippen molar-refractivity contribution in [3.05, 3.63) is 47.6 Å². The lowest BCUT2D eigenvalue weighted by atomic mass is 9.95. The van der Waals surface area contributed by atoms with Crippen molar-refractivity contribution in [3.8, 4) is 0 Å². The number of aromatic nitrogens is 2. The third-order valence-corrected chi connectivity index (χ3v) is 4.76. The topological polar surface area (TPSA) is 97.1 Å². The predicted molar refractivity (Wildman–Crippen MR) is 94.9 cm³/mol. The minimum Gasteiger partial charge on any atom is -0.349 e. The van der Waals surface area contributed by atoms with Crippen molar-refractivity contribution in [1.29, 1.82) is 0 Å². The summed E-state index contributed by atoms with van der Waals surface area (Å²) in [6.07, 6.45) is 3.73. The Kier molecular flexibility index (Phi) is 5.35. The summed E-state index contributed by atoms with van der Waals surface area (Å²) in [7, 11) is 0. The number of aryl methyl sites for hydroxylation is 1. The van der Waals surface area contributed by atoms with Crippen LogP contribution < -0.4 is 10.6 Å². The number of carbonyl (C=O) groups is 2. The van der Waals surface area contributed by atoms with Gasteiger partial charge < -0.3 is 15.2 Å². The Labute approximate surface area is 152 Å². The molecule has 0 bridgehead atoms. The molecular formula is C19H24N4O3. The minimum absolute atomic E-state index is 0.142. The number of rotatable bonds is 6. The van der Waals surface area contributed by atoms with E-state index in [0.717, 1.165) is 31.2 Å². The molecule has 1 heterocycles. The van der Waals surface area contributed by atoms with Gasteiger partial charge in [0.25, 0.3) is 0 Å². The molecule has 0 spiro atoms. The highest BCUT2D eigenvalue weighted by Gasteiger charge is 2.41. The van der Waals surface area contributed by atoms with E-state index in [1.807, 2.05) is 30.3 Å². The Bertz CT molecular complexity index is 766. The first-order valence-electron chi connectivity index (χ1n) is 8.92. The molecule has 138 valence electrons. The summed E-state index contributed by atoms with van der Waals surface area (Å²) in [5.41, 5.74) is 0.320. The van der Waals surface area contributed by atoms with E-state index in [1.54, 1.807) is 6.92 Å². The van der Waals surface area contributed by atoms with Gasteiger partial charge in [0.15, 0.2) is 5.82 Å². The molecule has 7 nitrogen and oxygen atoms in total. The van der Waals surface area contributed by atoms with Crippen molar-refractivity contribution in [2.75, 3.05) is 0 Å². The molecule has 1 aromatic carbocycles. The molecule has 7 heteroatoms. The molecule has 1 atom stereocenters. The van der Waals surface area contributed by atoms with E-state index >= 15 is 0 Å². The molecule has 3 rings (SSSR count). The lowest BCUT2D eigenvalue weighted by molar-refractivity contribution is -0.124. The van der Waals surface area contributed by atoms with Gasteiger partial charge >= 0.3 is 0 Å². The summed E-state index contributed by atoms with van der Waals surface area (Å²) in [5.74, 6) is 0.713. The van der Waals surface area contributed by atoms with Crippen LogP contribution in [0.2, 0.25) is 0 Å². The van der Waals surface area contributed by atoms with Gasteiger partial charge in [0.05, 0.1) is 12.5 Å². The van der Waals surface area contributed by atoms with Crippen LogP contribution in [0.25, 0.3) is 0 Å². The monoisotopic (exact) mass is 356 g/mol. The fraction of sp³-hybridized carbons (Fsp3) is 0.474. The van der Waals surface area contributed by atoms with E-state index in [2.05, 4.69) is 20.8 Å². The van der Waals surface area contributed by atoms with Crippen LogP contribution in [0.3, 0.4) is 0 Å². The van der Waals surface area contributed by atoms with Crippen LogP contribution in [0.4, 0.5) is 0 Å². The summed E-state index contributed by atoms with van der Waals surface area (Å²) in [6, 6.07) is 9.12. The minimum atomic E-state index is -0.577. The maximum atomic E-state index is 12.8. The molecule has 1 unspecified atom stereocenters. The highest BCUT2D eigenvalue weighted by molar-refractivity contribution is 5.79. The van der Waals surface area contributed by atoms with Crippen LogP contribution in [0.1, 0.15) is 62.3 Å². The molecule has 2 amide bonds. The second-order valence-electron chi connectivity index (χ2n) is 6.84. The third kappa shape index (κ3) is 4.09. The molecule has 1 fully saturated rings. The SMILES string of the molecule is CC(=O)NC(CC(=O)NC1(c2noc(C)n2)CCCC1)c1ccccc1. The van der Waals surface area contributed by atoms with E-state index in [1.165, 1.54) is 6.92 Å². The standard InChI is InChI=1S/C19H24N4O3/c1-13(24)20-16(15-8-4-3-5-9-15)12-17(25)22-19(10-6-7-11-19)18-21-14(2)26-23-18/h3-5,8-9,16H,6-7,10-12H2,1-2H3,(H,20,24)(H,22,25). The second kappa shape index (κ2) is 7.68. The Hall–Kier alpha value is -2.70. The van der Waals surface area contributed by atoms with Gasteiger partial charge in [-0.15, -0.1) is 0 Å². The maximum Gasteiger partial charge on any atom is 0.223 e. The van der Waals surface area contributed by atoms with E-state index in [-0.39, 0.29) is 24.3 Å². The summed E-state index contributed by atoms with van der Waals surface area (Å²) >= 11 is 0. The van der Waals surface area contributed by atoms with Crippen LogP contribution in [-0.2, 0) is 15.1 Å². The molecule has 2 N–H and O–H groups in total. The molecule has 1 aromatic heterocycles. The first-order chi connectivity index (χ1) is 12.5. The van der Waals surface area contributed by atoms with Gasteiger partial charge in [-0.1, -0.05) is 48.3 Å². The van der Waals surface area contributed by atoms with E-state index in [4.69, 9.17) is 4.52 Å². The zero-order valence-electron chi connectivity index (χ0n) is 15.1. The average Bonchev–Trinajstić information content (AvgIpc) is 3.24. The highest BCUT2D eigenvalue weighted by Crippen LogP contribution is 2.37. The first-order valence-corrected chi connectivity index (χ1v) is 8.92. The zero-order chi connectivity index (χ0) is 18.6. The fourth-order valence-electron chi connectivity index (χ4n) is 3.56. The molecule has 1 aliphatic carbocycles. The number of nitrogens with zero attached hydrogens (tertiary/aromatic N) is 2. The molecule has 0 aliphatic heterocycles. The number of benzene rings is 1. The quantitative estimate of drug-likeness (QED) is 0.829. The molecular weight excluding hydrogens is 332 g/mol.